The largest absolute Gasteiger partial charge is 0.330 e. The summed E-state index contributed by atoms with van der Waals surface area (Å²) in [5.74, 6) is 0.697. The van der Waals surface area contributed by atoms with Gasteiger partial charge in [0.15, 0.2) is 0 Å². The molecule has 1 saturated heterocycles. The Morgan fingerprint density at radius 2 is 2.31 bits per heavy atom. The van der Waals surface area contributed by atoms with Gasteiger partial charge in [-0.2, -0.15) is 0 Å². The minimum Gasteiger partial charge on any atom is -0.330 e. The maximum absolute atomic E-state index is 13.4. The second kappa shape index (κ2) is 4.87. The minimum atomic E-state index is -0.296. The fourth-order valence-corrected chi connectivity index (χ4v) is 2.87. The molecule has 1 aliphatic heterocycles. The van der Waals surface area contributed by atoms with Gasteiger partial charge in [-0.05, 0) is 18.6 Å². The zero-order valence-corrected chi connectivity index (χ0v) is 9.97. The van der Waals surface area contributed by atoms with E-state index in [2.05, 4.69) is 0 Å². The second-order valence-electron chi connectivity index (χ2n) is 3.83. The Balaban J connectivity index is 2.05. The number of benzene rings is 1. The maximum Gasteiger partial charge on any atom is 0.228 e. The number of amides is 1. The van der Waals surface area contributed by atoms with Crippen LogP contribution in [0.3, 0.4) is 0 Å². The van der Waals surface area contributed by atoms with Gasteiger partial charge in [0.2, 0.25) is 5.91 Å². The summed E-state index contributed by atoms with van der Waals surface area (Å²) in [5.41, 5.74) is 0.483. The van der Waals surface area contributed by atoms with Crippen molar-refractivity contribution in [3.8, 4) is 0 Å². The van der Waals surface area contributed by atoms with Gasteiger partial charge in [0, 0.05) is 12.3 Å². The van der Waals surface area contributed by atoms with E-state index in [4.69, 9.17) is 0 Å². The molecule has 0 aromatic heterocycles. The van der Waals surface area contributed by atoms with Gasteiger partial charge < -0.3 is 4.90 Å². The highest BCUT2D eigenvalue weighted by Gasteiger charge is 2.25. The van der Waals surface area contributed by atoms with E-state index in [1.165, 1.54) is 6.07 Å². The molecule has 1 unspecified atom stereocenters. The molecule has 0 spiro atoms. The van der Waals surface area contributed by atoms with Crippen LogP contribution in [0.15, 0.2) is 24.3 Å². The number of carbonyl (C=O) groups is 1. The van der Waals surface area contributed by atoms with Crippen molar-refractivity contribution >= 4 is 17.7 Å². The first-order chi connectivity index (χ1) is 7.68. The molecule has 1 fully saturated rings. The smallest absolute Gasteiger partial charge is 0.228 e. The first-order valence-electron chi connectivity index (χ1n) is 5.33. The predicted molar refractivity (Wildman–Crippen MR) is 63.7 cm³/mol. The molecule has 2 rings (SSSR count). The van der Waals surface area contributed by atoms with E-state index in [0.29, 0.717) is 5.56 Å². The summed E-state index contributed by atoms with van der Waals surface area (Å²) in [6, 6.07) is 6.46. The van der Waals surface area contributed by atoms with Gasteiger partial charge in [0.1, 0.15) is 5.82 Å². The van der Waals surface area contributed by atoms with Crippen molar-refractivity contribution in [2.45, 2.75) is 18.7 Å². The zero-order chi connectivity index (χ0) is 11.5. The van der Waals surface area contributed by atoms with Gasteiger partial charge in [0.25, 0.3) is 0 Å². The van der Waals surface area contributed by atoms with Crippen LogP contribution in [0.5, 0.6) is 0 Å². The van der Waals surface area contributed by atoms with Crippen molar-refractivity contribution in [1.29, 1.82) is 0 Å². The standard InChI is InChI=1S/C12H14FNOS/c1-9-14(6-7-16-9)12(15)8-10-4-2-3-5-11(10)13/h2-5,9H,6-8H2,1H3. The number of halogens is 1. The van der Waals surface area contributed by atoms with Crippen LogP contribution in [0.1, 0.15) is 12.5 Å². The highest BCUT2D eigenvalue weighted by Crippen LogP contribution is 2.23. The summed E-state index contributed by atoms with van der Waals surface area (Å²) >= 11 is 1.76. The Morgan fingerprint density at radius 1 is 1.56 bits per heavy atom. The van der Waals surface area contributed by atoms with E-state index in [0.717, 1.165) is 12.3 Å². The van der Waals surface area contributed by atoms with Crippen LogP contribution in [0.4, 0.5) is 4.39 Å². The van der Waals surface area contributed by atoms with Crippen molar-refractivity contribution in [3.63, 3.8) is 0 Å². The van der Waals surface area contributed by atoms with Crippen LogP contribution < -0.4 is 0 Å². The van der Waals surface area contributed by atoms with Gasteiger partial charge in [-0.1, -0.05) is 18.2 Å². The number of hydrogen-bond donors (Lipinski definition) is 0. The Hall–Kier alpha value is -1.03. The quantitative estimate of drug-likeness (QED) is 0.789. The number of thioether (sulfide) groups is 1. The van der Waals surface area contributed by atoms with Crippen LogP contribution >= 0.6 is 11.8 Å². The van der Waals surface area contributed by atoms with Crippen molar-refractivity contribution in [2.24, 2.45) is 0 Å². The average Bonchev–Trinajstić information content (AvgIpc) is 2.68. The summed E-state index contributed by atoms with van der Waals surface area (Å²) < 4.78 is 13.4. The first-order valence-corrected chi connectivity index (χ1v) is 6.38. The number of nitrogens with zero attached hydrogens (tertiary/aromatic N) is 1. The molecule has 0 saturated carbocycles. The van der Waals surface area contributed by atoms with Crippen LogP contribution in [-0.4, -0.2) is 28.5 Å². The highest BCUT2D eigenvalue weighted by atomic mass is 32.2. The van der Waals surface area contributed by atoms with Crippen LogP contribution in [0, 0.1) is 5.82 Å². The lowest BCUT2D eigenvalue weighted by atomic mass is 10.1. The Bertz CT molecular complexity index is 396. The molecule has 16 heavy (non-hydrogen) atoms. The monoisotopic (exact) mass is 239 g/mol. The summed E-state index contributed by atoms with van der Waals surface area (Å²) in [5, 5.41) is 0.222. The lowest BCUT2D eigenvalue weighted by molar-refractivity contribution is -0.130. The molecule has 1 heterocycles. The fraction of sp³-hybridized carbons (Fsp3) is 0.417. The van der Waals surface area contributed by atoms with Gasteiger partial charge >= 0.3 is 0 Å². The summed E-state index contributed by atoms with van der Waals surface area (Å²) in [7, 11) is 0. The van der Waals surface area contributed by atoms with Crippen LogP contribution in [0.25, 0.3) is 0 Å². The molecule has 1 aromatic rings. The third-order valence-electron chi connectivity index (χ3n) is 2.75. The number of hydrogen-bond acceptors (Lipinski definition) is 2. The third-order valence-corrected chi connectivity index (χ3v) is 3.91. The molecule has 1 aliphatic rings. The van der Waals surface area contributed by atoms with Gasteiger partial charge in [-0.3, -0.25) is 4.79 Å². The normalized spacial score (nSPS) is 20.1. The average molecular weight is 239 g/mol. The number of carbonyl (C=O) groups excluding carboxylic acids is 1. The Morgan fingerprint density at radius 3 is 2.94 bits per heavy atom. The zero-order valence-electron chi connectivity index (χ0n) is 9.15. The molecular formula is C12H14FNOS. The van der Waals surface area contributed by atoms with Crippen LogP contribution in [-0.2, 0) is 11.2 Å². The molecule has 1 amide bonds. The molecule has 0 bridgehead atoms. The third kappa shape index (κ3) is 2.38. The molecule has 2 nitrogen and oxygen atoms in total. The Kier molecular flexibility index (Phi) is 3.49. The van der Waals surface area contributed by atoms with E-state index in [9.17, 15) is 9.18 Å². The summed E-state index contributed by atoms with van der Waals surface area (Å²) in [6.45, 7) is 2.79. The maximum atomic E-state index is 13.4. The second-order valence-corrected chi connectivity index (χ2v) is 5.25. The SMILES string of the molecule is CC1SCCN1C(=O)Cc1ccccc1F. The van der Waals surface area contributed by atoms with Crippen molar-refractivity contribution in [1.82, 2.24) is 4.90 Å². The van der Waals surface area contributed by atoms with Crippen molar-refractivity contribution in [3.05, 3.63) is 35.6 Å². The minimum absolute atomic E-state index is 0.0163. The predicted octanol–water partition coefficient (Wildman–Crippen LogP) is 2.29. The molecule has 0 N–H and O–H groups in total. The Labute approximate surface area is 98.8 Å². The molecule has 86 valence electrons. The van der Waals surface area contributed by atoms with E-state index in [1.54, 1.807) is 30.0 Å². The molecule has 0 aliphatic carbocycles. The lowest BCUT2D eigenvalue weighted by Crippen LogP contribution is -2.34. The van der Waals surface area contributed by atoms with E-state index >= 15 is 0 Å². The summed E-state index contributed by atoms with van der Waals surface area (Å²) in [6.07, 6.45) is 0.164. The first kappa shape index (κ1) is 11.5. The lowest BCUT2D eigenvalue weighted by Gasteiger charge is -2.20. The number of rotatable bonds is 2. The summed E-state index contributed by atoms with van der Waals surface area (Å²) in [4.78, 5) is 13.7. The van der Waals surface area contributed by atoms with Crippen molar-refractivity contribution < 1.29 is 9.18 Å². The van der Waals surface area contributed by atoms with E-state index in [1.807, 2.05) is 11.8 Å². The fourth-order valence-electron chi connectivity index (χ4n) is 1.83. The molecule has 1 aromatic carbocycles. The highest BCUT2D eigenvalue weighted by molar-refractivity contribution is 8.00. The molecular weight excluding hydrogens is 225 g/mol. The van der Waals surface area contributed by atoms with Gasteiger partial charge in [-0.15, -0.1) is 11.8 Å². The van der Waals surface area contributed by atoms with E-state index in [-0.39, 0.29) is 23.5 Å². The van der Waals surface area contributed by atoms with E-state index < -0.39 is 0 Å². The van der Waals surface area contributed by atoms with Gasteiger partial charge in [0.05, 0.1) is 11.8 Å². The molecule has 4 heteroatoms. The molecule has 0 radical (unpaired) electrons. The molecule has 1 atom stereocenters. The van der Waals surface area contributed by atoms with Crippen molar-refractivity contribution in [2.75, 3.05) is 12.3 Å². The topological polar surface area (TPSA) is 20.3 Å². The van der Waals surface area contributed by atoms with Crippen LogP contribution in [0.2, 0.25) is 0 Å². The van der Waals surface area contributed by atoms with Gasteiger partial charge in [-0.25, -0.2) is 4.39 Å².